The second kappa shape index (κ2) is 7.97. The van der Waals surface area contributed by atoms with Crippen LogP contribution in [-0.2, 0) is 11.2 Å². The third-order valence-corrected chi connectivity index (χ3v) is 4.21. The van der Waals surface area contributed by atoms with Crippen molar-refractivity contribution in [2.45, 2.75) is 20.3 Å². The molecule has 0 saturated heterocycles. The van der Waals surface area contributed by atoms with E-state index in [9.17, 15) is 9.90 Å². The van der Waals surface area contributed by atoms with Crippen LogP contribution in [0.3, 0.4) is 0 Å². The number of hydrazone groups is 1. The molecule has 24 heavy (non-hydrogen) atoms. The van der Waals surface area contributed by atoms with Gasteiger partial charge in [0.1, 0.15) is 0 Å². The molecule has 126 valence electrons. The van der Waals surface area contributed by atoms with Gasteiger partial charge >= 0.3 is 0 Å². The summed E-state index contributed by atoms with van der Waals surface area (Å²) in [6.07, 6.45) is 1.76. The van der Waals surface area contributed by atoms with Gasteiger partial charge in [0.25, 0.3) is 0 Å². The monoisotopic (exact) mass is 390 g/mol. The summed E-state index contributed by atoms with van der Waals surface area (Å²) in [7, 11) is 1.47. The number of nitrogens with zero attached hydrogens (tertiary/aromatic N) is 1. The van der Waals surface area contributed by atoms with Gasteiger partial charge in [-0.2, -0.15) is 5.10 Å². The normalized spacial score (nSPS) is 10.8. The first-order chi connectivity index (χ1) is 11.4. The van der Waals surface area contributed by atoms with Crippen molar-refractivity contribution in [3.05, 3.63) is 57.1 Å². The molecule has 0 atom stereocenters. The Morgan fingerprint density at radius 3 is 2.71 bits per heavy atom. The Morgan fingerprint density at radius 1 is 1.29 bits per heavy atom. The lowest BCUT2D eigenvalue weighted by atomic mass is 10.0. The van der Waals surface area contributed by atoms with E-state index in [1.165, 1.54) is 18.9 Å². The first kappa shape index (κ1) is 18.0. The maximum Gasteiger partial charge on any atom is 0.244 e. The molecule has 2 N–H and O–H groups in total. The zero-order chi connectivity index (χ0) is 17.7. The van der Waals surface area contributed by atoms with E-state index < -0.39 is 0 Å². The molecule has 2 aromatic carbocycles. The second-order valence-electron chi connectivity index (χ2n) is 5.44. The minimum Gasteiger partial charge on any atom is -0.503 e. The number of benzene rings is 2. The second-order valence-corrected chi connectivity index (χ2v) is 6.30. The molecule has 0 aliphatic carbocycles. The van der Waals surface area contributed by atoms with E-state index in [1.54, 1.807) is 12.1 Å². The maximum absolute atomic E-state index is 11.9. The van der Waals surface area contributed by atoms with Crippen LogP contribution < -0.4 is 10.2 Å². The summed E-state index contributed by atoms with van der Waals surface area (Å²) in [6, 6.07) is 9.24. The Kier molecular flexibility index (Phi) is 5.98. The topological polar surface area (TPSA) is 70.9 Å². The number of methoxy groups -OCH3 is 1. The van der Waals surface area contributed by atoms with Crippen LogP contribution in [0.5, 0.6) is 11.5 Å². The number of ether oxygens (including phenoxy) is 1. The lowest BCUT2D eigenvalue weighted by Crippen LogP contribution is -2.19. The number of amides is 1. The molecule has 0 saturated carbocycles. The van der Waals surface area contributed by atoms with Gasteiger partial charge < -0.3 is 9.84 Å². The summed E-state index contributed by atoms with van der Waals surface area (Å²) >= 11 is 3.24. The number of aryl methyl sites for hydroxylation is 2. The van der Waals surface area contributed by atoms with Crippen LogP contribution in [0.25, 0.3) is 0 Å². The van der Waals surface area contributed by atoms with E-state index in [0.29, 0.717) is 15.8 Å². The molecule has 6 heteroatoms. The van der Waals surface area contributed by atoms with E-state index >= 15 is 0 Å². The van der Waals surface area contributed by atoms with Gasteiger partial charge in [-0.05, 0) is 64.2 Å². The Labute approximate surface area is 149 Å². The number of phenols is 1. The molecule has 2 aromatic rings. The number of hydrogen-bond donors (Lipinski definition) is 2. The average Bonchev–Trinajstić information content (AvgIpc) is 2.54. The fourth-order valence-corrected chi connectivity index (χ4v) is 2.60. The fourth-order valence-electron chi connectivity index (χ4n) is 2.14. The number of phenolic OH excluding ortho intramolecular Hbond substituents is 1. The zero-order valence-electron chi connectivity index (χ0n) is 13.8. The largest absolute Gasteiger partial charge is 0.503 e. The summed E-state index contributed by atoms with van der Waals surface area (Å²) in [5.74, 6) is 0.153. The molecule has 0 heterocycles. The Bertz CT molecular complexity index is 788. The molecule has 0 spiro atoms. The van der Waals surface area contributed by atoms with E-state index in [0.717, 1.165) is 11.1 Å². The van der Waals surface area contributed by atoms with Gasteiger partial charge in [-0.3, -0.25) is 4.79 Å². The number of halogens is 1. The summed E-state index contributed by atoms with van der Waals surface area (Å²) in [5, 5.41) is 13.7. The molecule has 2 rings (SSSR count). The van der Waals surface area contributed by atoms with Gasteiger partial charge in [0.05, 0.1) is 24.2 Å². The minimum atomic E-state index is -0.195. The number of rotatable bonds is 5. The van der Waals surface area contributed by atoms with Crippen LogP contribution >= 0.6 is 15.9 Å². The summed E-state index contributed by atoms with van der Waals surface area (Å²) < 4.78 is 5.56. The van der Waals surface area contributed by atoms with Crippen LogP contribution in [-0.4, -0.2) is 24.3 Å². The predicted octanol–water partition coefficient (Wildman–Crippen LogP) is 3.47. The van der Waals surface area contributed by atoms with E-state index in [1.807, 2.05) is 32.0 Å². The summed E-state index contributed by atoms with van der Waals surface area (Å²) in [5.41, 5.74) is 6.48. The fraction of sp³-hybridized carbons (Fsp3) is 0.222. The molecule has 1 amide bonds. The molecular weight excluding hydrogens is 372 g/mol. The van der Waals surface area contributed by atoms with Crippen molar-refractivity contribution in [2.75, 3.05) is 7.11 Å². The highest BCUT2D eigenvalue weighted by atomic mass is 79.9. The van der Waals surface area contributed by atoms with E-state index in [4.69, 9.17) is 4.74 Å². The summed E-state index contributed by atoms with van der Waals surface area (Å²) in [6.45, 7) is 4.05. The molecule has 0 aliphatic heterocycles. The number of carbonyl (C=O) groups is 1. The first-order valence-electron chi connectivity index (χ1n) is 7.35. The molecule has 0 unspecified atom stereocenters. The van der Waals surface area contributed by atoms with Gasteiger partial charge in [0, 0.05) is 0 Å². The molecule has 0 fully saturated rings. The molecule has 0 radical (unpaired) electrons. The predicted molar refractivity (Wildman–Crippen MR) is 97.7 cm³/mol. The third-order valence-electron chi connectivity index (χ3n) is 3.61. The highest BCUT2D eigenvalue weighted by Crippen LogP contribution is 2.34. The van der Waals surface area contributed by atoms with Crippen molar-refractivity contribution in [1.29, 1.82) is 0 Å². The smallest absolute Gasteiger partial charge is 0.244 e. The van der Waals surface area contributed by atoms with Gasteiger partial charge in [0.2, 0.25) is 5.91 Å². The SMILES string of the molecule is COc1cc(/C=N\NC(=O)Cc2ccc(C)c(C)c2)cc(Br)c1O. The molecular formula is C18H19BrN2O3. The quantitative estimate of drug-likeness (QED) is 0.606. The number of hydrogen-bond acceptors (Lipinski definition) is 4. The Balaban J connectivity index is 1.99. The Hall–Kier alpha value is -2.34. The number of carbonyl (C=O) groups excluding carboxylic acids is 1. The molecule has 0 aromatic heterocycles. The Morgan fingerprint density at radius 2 is 2.04 bits per heavy atom. The zero-order valence-corrected chi connectivity index (χ0v) is 15.3. The van der Waals surface area contributed by atoms with Crippen LogP contribution in [0.1, 0.15) is 22.3 Å². The molecule has 0 aliphatic rings. The average molecular weight is 391 g/mol. The minimum absolute atomic E-state index is 0.0217. The van der Waals surface area contributed by atoms with Crippen molar-refractivity contribution in [3.63, 3.8) is 0 Å². The van der Waals surface area contributed by atoms with Crippen molar-refractivity contribution < 1.29 is 14.6 Å². The van der Waals surface area contributed by atoms with Crippen molar-refractivity contribution in [2.24, 2.45) is 5.10 Å². The molecule has 0 bridgehead atoms. The lowest BCUT2D eigenvalue weighted by molar-refractivity contribution is -0.120. The van der Waals surface area contributed by atoms with Crippen LogP contribution in [0, 0.1) is 13.8 Å². The number of nitrogens with one attached hydrogen (secondary N) is 1. The van der Waals surface area contributed by atoms with Gasteiger partial charge in [-0.1, -0.05) is 18.2 Å². The van der Waals surface area contributed by atoms with E-state index in [-0.39, 0.29) is 18.1 Å². The van der Waals surface area contributed by atoms with Crippen molar-refractivity contribution >= 4 is 28.1 Å². The van der Waals surface area contributed by atoms with Crippen LogP contribution in [0.4, 0.5) is 0 Å². The maximum atomic E-state index is 11.9. The van der Waals surface area contributed by atoms with Gasteiger partial charge in [-0.15, -0.1) is 0 Å². The van der Waals surface area contributed by atoms with Gasteiger partial charge in [-0.25, -0.2) is 5.43 Å². The highest BCUT2D eigenvalue weighted by Gasteiger charge is 2.08. The van der Waals surface area contributed by atoms with Gasteiger partial charge in [0.15, 0.2) is 11.5 Å². The lowest BCUT2D eigenvalue weighted by Gasteiger charge is -2.06. The van der Waals surface area contributed by atoms with Crippen molar-refractivity contribution in [1.82, 2.24) is 5.43 Å². The van der Waals surface area contributed by atoms with Crippen LogP contribution in [0.2, 0.25) is 0 Å². The summed E-state index contributed by atoms with van der Waals surface area (Å²) in [4.78, 5) is 11.9. The first-order valence-corrected chi connectivity index (χ1v) is 8.14. The molecule has 5 nitrogen and oxygen atoms in total. The highest BCUT2D eigenvalue weighted by molar-refractivity contribution is 9.10. The van der Waals surface area contributed by atoms with E-state index in [2.05, 4.69) is 26.5 Å². The van der Waals surface area contributed by atoms with Crippen molar-refractivity contribution in [3.8, 4) is 11.5 Å². The number of aromatic hydroxyl groups is 1. The van der Waals surface area contributed by atoms with Crippen LogP contribution in [0.15, 0.2) is 39.9 Å². The third kappa shape index (κ3) is 4.58. The standard InChI is InChI=1S/C18H19BrN2O3/c1-11-4-5-13(6-12(11)2)9-17(22)21-20-10-14-7-15(19)18(23)16(8-14)24-3/h4-8,10,23H,9H2,1-3H3,(H,21,22)/b20-10-.